The van der Waals surface area contributed by atoms with Crippen molar-refractivity contribution in [1.82, 2.24) is 24.3 Å². The van der Waals surface area contributed by atoms with Gasteiger partial charge in [-0.05, 0) is 18.1 Å². The number of hydrogen-bond donors (Lipinski definition) is 1. The summed E-state index contributed by atoms with van der Waals surface area (Å²) in [6, 6.07) is 14.1. The third kappa shape index (κ3) is 3.44. The van der Waals surface area contributed by atoms with Crippen LogP contribution in [0.2, 0.25) is 0 Å². The molecule has 7 nitrogen and oxygen atoms in total. The summed E-state index contributed by atoms with van der Waals surface area (Å²) < 4.78 is 10.9. The minimum Gasteiger partial charge on any atom is -0.382 e. The molecule has 152 valence electrons. The van der Waals surface area contributed by atoms with E-state index in [4.69, 9.17) is 15.5 Å². The van der Waals surface area contributed by atoms with Crippen molar-refractivity contribution in [2.75, 3.05) is 12.3 Å². The number of thiophene rings is 1. The Morgan fingerprint density at radius 1 is 1.13 bits per heavy atom. The molecule has 5 aromatic rings. The quantitative estimate of drug-likeness (QED) is 0.402. The molecule has 0 saturated carbocycles. The number of hydrogen-bond acceptors (Lipinski definition) is 6. The van der Waals surface area contributed by atoms with Crippen LogP contribution >= 0.6 is 11.3 Å². The van der Waals surface area contributed by atoms with Crippen molar-refractivity contribution in [3.8, 4) is 5.00 Å². The molecule has 2 N–H and O–H groups in total. The van der Waals surface area contributed by atoms with E-state index in [2.05, 4.69) is 26.8 Å². The van der Waals surface area contributed by atoms with Gasteiger partial charge in [0.05, 0.1) is 22.3 Å². The molecule has 0 spiro atoms. The summed E-state index contributed by atoms with van der Waals surface area (Å²) in [5, 5.41) is 5.33. The third-order valence-electron chi connectivity index (χ3n) is 5.12. The van der Waals surface area contributed by atoms with E-state index in [1.807, 2.05) is 48.3 Å². The maximum atomic E-state index is 6.24. The Bertz CT molecular complexity index is 1290. The van der Waals surface area contributed by atoms with Crippen molar-refractivity contribution in [2.24, 2.45) is 7.05 Å². The van der Waals surface area contributed by atoms with Crippen molar-refractivity contribution in [3.63, 3.8) is 0 Å². The lowest BCUT2D eigenvalue weighted by atomic mass is 10.2. The maximum absolute atomic E-state index is 6.24. The number of rotatable bonds is 7. The molecule has 5 rings (SSSR count). The van der Waals surface area contributed by atoms with Gasteiger partial charge in [0.25, 0.3) is 0 Å². The number of nitrogens with two attached hydrogens (primary N) is 1. The molecule has 0 aliphatic carbocycles. The number of imidazole rings is 1. The van der Waals surface area contributed by atoms with E-state index in [0.717, 1.165) is 44.9 Å². The second-order valence-electron chi connectivity index (χ2n) is 7.17. The normalized spacial score (nSPS) is 11.6. The molecular formula is C22H22N6OS. The van der Waals surface area contributed by atoms with Gasteiger partial charge in [-0.2, -0.15) is 5.10 Å². The first-order chi connectivity index (χ1) is 14.7. The highest BCUT2D eigenvalue weighted by Crippen LogP contribution is 2.35. The van der Waals surface area contributed by atoms with E-state index in [0.29, 0.717) is 19.0 Å². The number of ether oxygens (including phenoxy) is 1. The highest BCUT2D eigenvalue weighted by atomic mass is 32.1. The van der Waals surface area contributed by atoms with Crippen molar-refractivity contribution < 1.29 is 4.74 Å². The van der Waals surface area contributed by atoms with Gasteiger partial charge in [-0.15, -0.1) is 11.3 Å². The number of nitrogens with zero attached hydrogens (tertiary/aromatic N) is 5. The molecule has 4 heterocycles. The van der Waals surface area contributed by atoms with Crippen LogP contribution in [0, 0.1) is 0 Å². The van der Waals surface area contributed by atoms with Crippen LogP contribution in [0.25, 0.3) is 26.3 Å². The fourth-order valence-electron chi connectivity index (χ4n) is 3.62. The Hall–Kier alpha value is -3.23. The van der Waals surface area contributed by atoms with Crippen molar-refractivity contribution in [2.45, 2.75) is 19.4 Å². The highest BCUT2D eigenvalue weighted by Gasteiger charge is 2.18. The standard InChI is InChI=1S/C22H22N6OS/c1-27-17(9-5-12-29-14-15-7-3-2-4-8-15)26-19-20(27)21-16(25-22(19)23)13-18(30-21)28-11-6-10-24-28/h2-4,6-8,10-11,13H,5,9,12,14H2,1H3,(H2,23,25). The van der Waals surface area contributed by atoms with Crippen LogP contribution in [0.1, 0.15) is 17.8 Å². The van der Waals surface area contributed by atoms with Gasteiger partial charge >= 0.3 is 0 Å². The van der Waals surface area contributed by atoms with Crippen LogP contribution in [0.5, 0.6) is 0 Å². The minimum atomic E-state index is 0.462. The molecule has 0 atom stereocenters. The zero-order valence-electron chi connectivity index (χ0n) is 16.7. The molecule has 0 bridgehead atoms. The van der Waals surface area contributed by atoms with E-state index in [1.165, 1.54) is 5.56 Å². The Kier molecular flexibility index (Phi) is 4.94. The zero-order valence-corrected chi connectivity index (χ0v) is 17.5. The van der Waals surface area contributed by atoms with Gasteiger partial charge in [-0.3, -0.25) is 0 Å². The van der Waals surface area contributed by atoms with Crippen LogP contribution in [0.3, 0.4) is 0 Å². The summed E-state index contributed by atoms with van der Waals surface area (Å²) in [6.45, 7) is 1.32. The number of aryl methyl sites for hydroxylation is 2. The number of anilines is 1. The fourth-order valence-corrected chi connectivity index (χ4v) is 4.74. The van der Waals surface area contributed by atoms with Crippen LogP contribution in [-0.4, -0.2) is 30.9 Å². The van der Waals surface area contributed by atoms with Gasteiger partial charge in [0.1, 0.15) is 16.3 Å². The van der Waals surface area contributed by atoms with Gasteiger partial charge in [-0.25, -0.2) is 14.6 Å². The number of nitrogen functional groups attached to an aromatic ring is 1. The summed E-state index contributed by atoms with van der Waals surface area (Å²) in [4.78, 5) is 9.37. The second-order valence-corrected chi connectivity index (χ2v) is 8.20. The summed E-state index contributed by atoms with van der Waals surface area (Å²) in [6.07, 6.45) is 5.40. The van der Waals surface area contributed by atoms with Crippen LogP contribution in [-0.2, 0) is 24.8 Å². The van der Waals surface area contributed by atoms with Gasteiger partial charge in [0, 0.05) is 38.5 Å². The fraction of sp³-hybridized carbons (Fsp3) is 0.227. The first-order valence-corrected chi connectivity index (χ1v) is 10.7. The average Bonchev–Trinajstić information content (AvgIpc) is 3.48. The van der Waals surface area contributed by atoms with Crippen molar-refractivity contribution >= 4 is 38.4 Å². The predicted octanol–water partition coefficient (Wildman–Crippen LogP) is 4.10. The maximum Gasteiger partial charge on any atom is 0.152 e. The van der Waals surface area contributed by atoms with E-state index in [1.54, 1.807) is 17.5 Å². The van der Waals surface area contributed by atoms with Gasteiger partial charge < -0.3 is 15.0 Å². The number of pyridine rings is 1. The predicted molar refractivity (Wildman–Crippen MR) is 120 cm³/mol. The monoisotopic (exact) mass is 418 g/mol. The topological polar surface area (TPSA) is 83.8 Å². The van der Waals surface area contributed by atoms with E-state index in [-0.39, 0.29) is 0 Å². The molecule has 0 unspecified atom stereocenters. The molecule has 4 aromatic heterocycles. The van der Waals surface area contributed by atoms with Crippen molar-refractivity contribution in [3.05, 3.63) is 66.2 Å². The smallest absolute Gasteiger partial charge is 0.152 e. The summed E-state index contributed by atoms with van der Waals surface area (Å²) in [5.74, 6) is 1.45. The third-order valence-corrected chi connectivity index (χ3v) is 6.24. The van der Waals surface area contributed by atoms with Gasteiger partial charge in [-0.1, -0.05) is 30.3 Å². The number of fused-ring (bicyclic) bond motifs is 3. The lowest BCUT2D eigenvalue weighted by Gasteiger charge is -2.05. The van der Waals surface area contributed by atoms with Crippen LogP contribution < -0.4 is 5.73 Å². The average molecular weight is 419 g/mol. The van der Waals surface area contributed by atoms with Crippen LogP contribution in [0.15, 0.2) is 54.9 Å². The van der Waals surface area contributed by atoms with E-state index >= 15 is 0 Å². The van der Waals surface area contributed by atoms with Crippen LogP contribution in [0.4, 0.5) is 5.82 Å². The Labute approximate surface area is 177 Å². The number of aromatic nitrogens is 5. The molecule has 0 aliphatic rings. The summed E-state index contributed by atoms with van der Waals surface area (Å²) >= 11 is 1.65. The SMILES string of the molecule is Cn1c(CCCOCc2ccccc2)nc2c(N)nc3cc(-n4cccn4)sc3c21. The molecule has 0 amide bonds. The first-order valence-electron chi connectivity index (χ1n) is 9.86. The zero-order chi connectivity index (χ0) is 20.5. The molecule has 1 aromatic carbocycles. The first kappa shape index (κ1) is 18.8. The van der Waals surface area contributed by atoms with E-state index in [9.17, 15) is 0 Å². The Morgan fingerprint density at radius 3 is 2.80 bits per heavy atom. The molecule has 0 aliphatic heterocycles. The molecule has 0 radical (unpaired) electrons. The second kappa shape index (κ2) is 7.89. The largest absolute Gasteiger partial charge is 0.382 e. The van der Waals surface area contributed by atoms with Gasteiger partial charge in [0.15, 0.2) is 5.82 Å². The highest BCUT2D eigenvalue weighted by molar-refractivity contribution is 7.22. The summed E-state index contributed by atoms with van der Waals surface area (Å²) in [7, 11) is 2.04. The minimum absolute atomic E-state index is 0.462. The molecule has 0 saturated heterocycles. The Balaban J connectivity index is 1.36. The lowest BCUT2D eigenvalue weighted by Crippen LogP contribution is -2.02. The summed E-state index contributed by atoms with van der Waals surface area (Å²) in [5.41, 5.74) is 10.1. The number of benzene rings is 1. The molecule has 8 heteroatoms. The van der Waals surface area contributed by atoms with E-state index < -0.39 is 0 Å². The molecular weight excluding hydrogens is 396 g/mol. The van der Waals surface area contributed by atoms with Gasteiger partial charge in [0.2, 0.25) is 0 Å². The lowest BCUT2D eigenvalue weighted by molar-refractivity contribution is 0.118. The molecule has 0 fully saturated rings. The molecule has 30 heavy (non-hydrogen) atoms. The Morgan fingerprint density at radius 2 is 2.00 bits per heavy atom. The van der Waals surface area contributed by atoms with Crippen molar-refractivity contribution in [1.29, 1.82) is 0 Å².